The van der Waals surface area contributed by atoms with E-state index in [4.69, 9.17) is 4.52 Å². The normalized spacial score (nSPS) is 30.0. The number of hydrogen-bond donors (Lipinski definition) is 0. The maximum absolute atomic E-state index is 4.90. The van der Waals surface area contributed by atoms with E-state index in [0.29, 0.717) is 11.8 Å². The van der Waals surface area contributed by atoms with E-state index in [9.17, 15) is 0 Å². The van der Waals surface area contributed by atoms with Crippen LogP contribution in [0.5, 0.6) is 0 Å². The molecule has 1 aromatic heterocycles. The maximum atomic E-state index is 4.90. The number of hydrogen-bond acceptors (Lipinski definition) is 3. The van der Waals surface area contributed by atoms with Gasteiger partial charge in [0.15, 0.2) is 5.82 Å². The van der Waals surface area contributed by atoms with Crippen LogP contribution < -0.4 is 0 Å². The van der Waals surface area contributed by atoms with E-state index in [1.807, 2.05) is 6.92 Å². The third kappa shape index (κ3) is 1.15. The topological polar surface area (TPSA) is 38.9 Å². The van der Waals surface area contributed by atoms with E-state index in [1.54, 1.807) is 0 Å². The quantitative estimate of drug-likeness (QED) is 0.616. The molecule has 0 aromatic carbocycles. The molecule has 0 spiro atoms. The van der Waals surface area contributed by atoms with Crippen molar-refractivity contribution in [2.24, 2.45) is 5.92 Å². The Balaban J connectivity index is 2.07. The van der Waals surface area contributed by atoms with Crippen LogP contribution in [0.25, 0.3) is 0 Å². The Morgan fingerprint density at radius 2 is 2.18 bits per heavy atom. The Morgan fingerprint density at radius 1 is 1.45 bits per heavy atom. The van der Waals surface area contributed by atoms with Crippen molar-refractivity contribution in [3.63, 3.8) is 0 Å². The van der Waals surface area contributed by atoms with Gasteiger partial charge in [-0.2, -0.15) is 4.98 Å². The van der Waals surface area contributed by atoms with Crippen LogP contribution in [0.1, 0.15) is 37.4 Å². The Hall–Kier alpha value is -0.860. The Labute approximate surface area is 65.8 Å². The van der Waals surface area contributed by atoms with Crippen LogP contribution in [-0.4, -0.2) is 10.1 Å². The van der Waals surface area contributed by atoms with E-state index in [2.05, 4.69) is 17.1 Å². The number of nitrogens with zero attached hydrogens (tertiary/aromatic N) is 2. The summed E-state index contributed by atoms with van der Waals surface area (Å²) in [5.41, 5.74) is 0. The van der Waals surface area contributed by atoms with Crippen LogP contribution in [0.4, 0.5) is 0 Å². The highest BCUT2D eigenvalue weighted by atomic mass is 16.5. The molecule has 1 heterocycles. The molecule has 1 fully saturated rings. The standard InChI is InChI=1S/C8H12N2O/c1-5-3-7(4-5)8-9-6(2)11-10-8/h5,7H,3-4H2,1-2H3. The van der Waals surface area contributed by atoms with Gasteiger partial charge >= 0.3 is 0 Å². The van der Waals surface area contributed by atoms with E-state index >= 15 is 0 Å². The van der Waals surface area contributed by atoms with Crippen molar-refractivity contribution >= 4 is 0 Å². The zero-order valence-electron chi connectivity index (χ0n) is 6.87. The van der Waals surface area contributed by atoms with Gasteiger partial charge < -0.3 is 4.52 Å². The molecule has 1 aliphatic carbocycles. The lowest BCUT2D eigenvalue weighted by atomic mass is 9.76. The summed E-state index contributed by atoms with van der Waals surface area (Å²) in [6.45, 7) is 4.09. The van der Waals surface area contributed by atoms with Gasteiger partial charge in [0, 0.05) is 12.8 Å². The van der Waals surface area contributed by atoms with Crippen molar-refractivity contribution in [1.82, 2.24) is 10.1 Å². The van der Waals surface area contributed by atoms with E-state index in [0.717, 1.165) is 11.7 Å². The molecule has 1 aliphatic rings. The minimum atomic E-state index is 0.572. The average Bonchev–Trinajstić information content (AvgIpc) is 2.29. The molecule has 0 atom stereocenters. The zero-order valence-corrected chi connectivity index (χ0v) is 6.87. The third-order valence-corrected chi connectivity index (χ3v) is 2.28. The summed E-state index contributed by atoms with van der Waals surface area (Å²) in [5, 5.41) is 3.89. The smallest absolute Gasteiger partial charge is 0.223 e. The second-order valence-corrected chi connectivity index (χ2v) is 3.45. The largest absolute Gasteiger partial charge is 0.340 e. The lowest BCUT2D eigenvalue weighted by molar-refractivity contribution is 0.269. The van der Waals surface area contributed by atoms with Gasteiger partial charge in [-0.25, -0.2) is 0 Å². The summed E-state index contributed by atoms with van der Waals surface area (Å²) in [7, 11) is 0. The molecule has 0 saturated heterocycles. The molecule has 0 aliphatic heterocycles. The molecular formula is C8H12N2O. The van der Waals surface area contributed by atoms with Crippen LogP contribution in [0.15, 0.2) is 4.52 Å². The molecule has 11 heavy (non-hydrogen) atoms. The minimum absolute atomic E-state index is 0.572. The molecule has 0 bridgehead atoms. The first-order chi connectivity index (χ1) is 5.25. The van der Waals surface area contributed by atoms with Crippen molar-refractivity contribution in [3.05, 3.63) is 11.7 Å². The minimum Gasteiger partial charge on any atom is -0.340 e. The van der Waals surface area contributed by atoms with Crippen LogP contribution in [0.3, 0.4) is 0 Å². The SMILES string of the molecule is Cc1nc(C2CC(C)C2)no1. The van der Waals surface area contributed by atoms with E-state index < -0.39 is 0 Å². The average molecular weight is 152 g/mol. The molecule has 0 N–H and O–H groups in total. The van der Waals surface area contributed by atoms with Crippen molar-refractivity contribution in [3.8, 4) is 0 Å². The maximum Gasteiger partial charge on any atom is 0.223 e. The number of aryl methyl sites for hydroxylation is 1. The summed E-state index contributed by atoms with van der Waals surface area (Å²) >= 11 is 0. The molecule has 0 amide bonds. The van der Waals surface area contributed by atoms with Crippen LogP contribution >= 0.6 is 0 Å². The van der Waals surface area contributed by atoms with E-state index in [-0.39, 0.29) is 0 Å². The predicted octanol–water partition coefficient (Wildman–Crippen LogP) is 1.89. The highest BCUT2D eigenvalue weighted by Gasteiger charge is 2.30. The van der Waals surface area contributed by atoms with Crippen molar-refractivity contribution in [2.75, 3.05) is 0 Å². The molecule has 3 heteroatoms. The third-order valence-electron chi connectivity index (χ3n) is 2.28. The molecule has 2 rings (SSSR count). The number of aromatic nitrogens is 2. The first-order valence-electron chi connectivity index (χ1n) is 4.06. The fourth-order valence-electron chi connectivity index (χ4n) is 1.59. The first-order valence-corrected chi connectivity index (χ1v) is 4.06. The van der Waals surface area contributed by atoms with Gasteiger partial charge in [-0.3, -0.25) is 0 Å². The molecule has 0 radical (unpaired) electrons. The predicted molar refractivity (Wildman–Crippen MR) is 40.2 cm³/mol. The second kappa shape index (κ2) is 2.32. The van der Waals surface area contributed by atoms with Gasteiger partial charge in [-0.05, 0) is 18.8 Å². The van der Waals surface area contributed by atoms with Crippen LogP contribution in [0.2, 0.25) is 0 Å². The van der Waals surface area contributed by atoms with Gasteiger partial charge in [0.05, 0.1) is 0 Å². The summed E-state index contributed by atoms with van der Waals surface area (Å²) in [5.74, 6) is 3.00. The van der Waals surface area contributed by atoms with E-state index in [1.165, 1.54) is 12.8 Å². The zero-order chi connectivity index (χ0) is 7.84. The Bertz CT molecular complexity index is 250. The summed E-state index contributed by atoms with van der Waals surface area (Å²) in [4.78, 5) is 4.19. The molecule has 60 valence electrons. The first kappa shape index (κ1) is 6.83. The fourth-order valence-corrected chi connectivity index (χ4v) is 1.59. The lowest BCUT2D eigenvalue weighted by Gasteiger charge is -2.29. The lowest BCUT2D eigenvalue weighted by Crippen LogP contribution is -2.19. The Kier molecular flexibility index (Phi) is 1.44. The highest BCUT2D eigenvalue weighted by Crippen LogP contribution is 2.39. The second-order valence-electron chi connectivity index (χ2n) is 3.45. The molecule has 3 nitrogen and oxygen atoms in total. The van der Waals surface area contributed by atoms with Gasteiger partial charge in [0.2, 0.25) is 5.89 Å². The number of rotatable bonds is 1. The highest BCUT2D eigenvalue weighted by molar-refractivity contribution is 5.00. The molecule has 1 aromatic rings. The summed E-state index contributed by atoms with van der Waals surface area (Å²) in [6.07, 6.45) is 2.44. The van der Waals surface area contributed by atoms with Gasteiger partial charge in [-0.1, -0.05) is 12.1 Å². The summed E-state index contributed by atoms with van der Waals surface area (Å²) in [6, 6.07) is 0. The van der Waals surface area contributed by atoms with Crippen LogP contribution in [-0.2, 0) is 0 Å². The molecule has 0 unspecified atom stereocenters. The van der Waals surface area contributed by atoms with Crippen LogP contribution in [0, 0.1) is 12.8 Å². The fraction of sp³-hybridized carbons (Fsp3) is 0.750. The van der Waals surface area contributed by atoms with Gasteiger partial charge in [-0.15, -0.1) is 0 Å². The van der Waals surface area contributed by atoms with Gasteiger partial charge in [0.25, 0.3) is 0 Å². The van der Waals surface area contributed by atoms with Crippen molar-refractivity contribution in [2.45, 2.75) is 32.6 Å². The molecular weight excluding hydrogens is 140 g/mol. The van der Waals surface area contributed by atoms with Crippen molar-refractivity contribution < 1.29 is 4.52 Å². The van der Waals surface area contributed by atoms with Crippen molar-refractivity contribution in [1.29, 1.82) is 0 Å². The van der Waals surface area contributed by atoms with Gasteiger partial charge in [0.1, 0.15) is 0 Å². The molecule has 1 saturated carbocycles. The monoisotopic (exact) mass is 152 g/mol. The Morgan fingerprint density at radius 3 is 2.64 bits per heavy atom. The summed E-state index contributed by atoms with van der Waals surface area (Å²) < 4.78 is 4.90.